The van der Waals surface area contributed by atoms with Gasteiger partial charge in [0.2, 0.25) is 0 Å². The number of amides is 1. The zero-order valence-corrected chi connectivity index (χ0v) is 15.5. The van der Waals surface area contributed by atoms with Crippen molar-refractivity contribution in [3.05, 3.63) is 29.8 Å². The molecule has 2 fully saturated rings. The molecule has 2 heterocycles. The standard InChI is InChI=1S/C20H27NO6/c22-19(23)9-10-21(13-17-3-1-11-25-17)20(24)15-5-7-16(8-6-15)27-14-18-4-2-12-26-18/h5-8,17-18H,1-4,9-14H2,(H,22,23)/t17-,18+/m0/s1. The average Bonchev–Trinajstić information content (AvgIpc) is 3.37. The Morgan fingerprint density at radius 1 is 1.07 bits per heavy atom. The third kappa shape index (κ3) is 5.94. The largest absolute Gasteiger partial charge is 0.491 e. The Morgan fingerprint density at radius 3 is 2.33 bits per heavy atom. The van der Waals surface area contributed by atoms with Crippen LogP contribution in [0.2, 0.25) is 0 Å². The Labute approximate surface area is 159 Å². The lowest BCUT2D eigenvalue weighted by Gasteiger charge is -2.25. The third-order valence-electron chi connectivity index (χ3n) is 4.89. The fourth-order valence-corrected chi connectivity index (χ4v) is 3.38. The van der Waals surface area contributed by atoms with Crippen molar-refractivity contribution >= 4 is 11.9 Å². The Morgan fingerprint density at radius 2 is 1.74 bits per heavy atom. The van der Waals surface area contributed by atoms with Gasteiger partial charge in [0.05, 0.1) is 18.6 Å². The topological polar surface area (TPSA) is 85.3 Å². The number of carbonyl (C=O) groups is 2. The van der Waals surface area contributed by atoms with Crippen LogP contribution in [0.25, 0.3) is 0 Å². The summed E-state index contributed by atoms with van der Waals surface area (Å²) in [6.45, 7) is 2.59. The lowest BCUT2D eigenvalue weighted by molar-refractivity contribution is -0.137. The lowest BCUT2D eigenvalue weighted by atomic mass is 10.1. The van der Waals surface area contributed by atoms with Crippen LogP contribution in [0, 0.1) is 0 Å². The van der Waals surface area contributed by atoms with E-state index in [1.165, 1.54) is 0 Å². The SMILES string of the molecule is O=C(O)CCN(C[C@@H]1CCCO1)C(=O)c1ccc(OC[C@H]2CCCO2)cc1. The van der Waals surface area contributed by atoms with Gasteiger partial charge in [0.15, 0.2) is 0 Å². The van der Waals surface area contributed by atoms with Gasteiger partial charge in [0.25, 0.3) is 5.91 Å². The molecule has 2 atom stereocenters. The zero-order chi connectivity index (χ0) is 19.1. The van der Waals surface area contributed by atoms with Crippen LogP contribution in [-0.4, -0.2) is 67.0 Å². The summed E-state index contributed by atoms with van der Waals surface area (Å²) in [5, 5.41) is 8.96. The molecule has 1 N–H and O–H groups in total. The molecule has 1 amide bonds. The molecule has 7 heteroatoms. The molecule has 0 saturated carbocycles. The van der Waals surface area contributed by atoms with Crippen LogP contribution < -0.4 is 4.74 Å². The predicted molar refractivity (Wildman–Crippen MR) is 98.0 cm³/mol. The maximum Gasteiger partial charge on any atom is 0.305 e. The van der Waals surface area contributed by atoms with E-state index >= 15 is 0 Å². The Kier molecular flexibility index (Phi) is 7.06. The first kappa shape index (κ1) is 19.6. The van der Waals surface area contributed by atoms with Crippen LogP contribution >= 0.6 is 0 Å². The molecule has 27 heavy (non-hydrogen) atoms. The average molecular weight is 377 g/mol. The third-order valence-corrected chi connectivity index (χ3v) is 4.89. The van der Waals surface area contributed by atoms with Gasteiger partial charge < -0.3 is 24.2 Å². The summed E-state index contributed by atoms with van der Waals surface area (Å²) in [7, 11) is 0. The van der Waals surface area contributed by atoms with E-state index in [-0.39, 0.29) is 31.1 Å². The number of aliphatic carboxylic acids is 1. The van der Waals surface area contributed by atoms with Crippen molar-refractivity contribution < 1.29 is 28.9 Å². The van der Waals surface area contributed by atoms with Crippen LogP contribution in [0.5, 0.6) is 5.75 Å². The minimum atomic E-state index is -0.919. The minimum absolute atomic E-state index is 0.0169. The molecule has 1 aromatic carbocycles. The molecule has 0 radical (unpaired) electrons. The number of nitrogens with zero attached hydrogens (tertiary/aromatic N) is 1. The summed E-state index contributed by atoms with van der Waals surface area (Å²) >= 11 is 0. The highest BCUT2D eigenvalue weighted by molar-refractivity contribution is 5.94. The highest BCUT2D eigenvalue weighted by atomic mass is 16.5. The second-order valence-electron chi connectivity index (χ2n) is 7.00. The number of benzene rings is 1. The molecule has 7 nitrogen and oxygen atoms in total. The van der Waals surface area contributed by atoms with Crippen molar-refractivity contribution in [2.75, 3.05) is 32.9 Å². The smallest absolute Gasteiger partial charge is 0.305 e. The molecule has 3 rings (SSSR count). The van der Waals surface area contributed by atoms with E-state index < -0.39 is 5.97 Å². The van der Waals surface area contributed by atoms with Crippen LogP contribution in [0.15, 0.2) is 24.3 Å². The lowest BCUT2D eigenvalue weighted by Crippen LogP contribution is -2.38. The summed E-state index contributed by atoms with van der Waals surface area (Å²) in [5.41, 5.74) is 0.517. The molecule has 0 aromatic heterocycles. The van der Waals surface area contributed by atoms with Crippen molar-refractivity contribution in [1.29, 1.82) is 0 Å². The second kappa shape index (κ2) is 9.71. The number of carboxylic acids is 1. The fraction of sp³-hybridized carbons (Fsp3) is 0.600. The van der Waals surface area contributed by atoms with Crippen LogP contribution in [0.4, 0.5) is 0 Å². The van der Waals surface area contributed by atoms with Gasteiger partial charge in [-0.3, -0.25) is 9.59 Å². The van der Waals surface area contributed by atoms with E-state index in [0.29, 0.717) is 31.1 Å². The number of hydrogen-bond acceptors (Lipinski definition) is 5. The van der Waals surface area contributed by atoms with Gasteiger partial charge in [-0.05, 0) is 49.9 Å². The molecule has 0 spiro atoms. The summed E-state index contributed by atoms with van der Waals surface area (Å²) in [6, 6.07) is 6.97. The van der Waals surface area contributed by atoms with E-state index in [2.05, 4.69) is 0 Å². The van der Waals surface area contributed by atoms with Gasteiger partial charge in [-0.1, -0.05) is 0 Å². The zero-order valence-electron chi connectivity index (χ0n) is 15.5. The molecule has 0 aliphatic carbocycles. The van der Waals surface area contributed by atoms with E-state index in [0.717, 1.165) is 32.3 Å². The molecule has 2 aliphatic rings. The summed E-state index contributed by atoms with van der Waals surface area (Å²) in [6.07, 6.45) is 3.99. The van der Waals surface area contributed by atoms with Crippen LogP contribution in [0.1, 0.15) is 42.5 Å². The predicted octanol–water partition coefficient (Wildman–Crippen LogP) is 2.34. The van der Waals surface area contributed by atoms with Crippen LogP contribution in [0.3, 0.4) is 0 Å². The fourth-order valence-electron chi connectivity index (χ4n) is 3.38. The normalized spacial score (nSPS) is 21.9. The van der Waals surface area contributed by atoms with Crippen LogP contribution in [-0.2, 0) is 14.3 Å². The van der Waals surface area contributed by atoms with Crippen molar-refractivity contribution in [3.8, 4) is 5.75 Å². The quantitative estimate of drug-likeness (QED) is 0.711. The maximum atomic E-state index is 12.8. The van der Waals surface area contributed by atoms with E-state index in [1.807, 2.05) is 0 Å². The summed E-state index contributed by atoms with van der Waals surface area (Å²) in [5.74, 6) is -0.409. The molecule has 0 bridgehead atoms. The first-order valence-electron chi connectivity index (χ1n) is 9.59. The molecule has 148 valence electrons. The Bertz CT molecular complexity index is 620. The summed E-state index contributed by atoms with van der Waals surface area (Å²) in [4.78, 5) is 25.3. The molecular formula is C20H27NO6. The molecule has 0 unspecified atom stereocenters. The van der Waals surface area contributed by atoms with Gasteiger partial charge >= 0.3 is 5.97 Å². The van der Waals surface area contributed by atoms with Gasteiger partial charge in [0, 0.05) is 31.9 Å². The Hall–Kier alpha value is -2.12. The molecular weight excluding hydrogens is 350 g/mol. The number of ether oxygens (including phenoxy) is 3. The molecule has 2 saturated heterocycles. The van der Waals surface area contributed by atoms with Gasteiger partial charge in [-0.25, -0.2) is 0 Å². The van der Waals surface area contributed by atoms with Crippen molar-refractivity contribution in [2.45, 2.75) is 44.3 Å². The number of carbonyl (C=O) groups excluding carboxylic acids is 1. The van der Waals surface area contributed by atoms with Gasteiger partial charge in [-0.2, -0.15) is 0 Å². The number of rotatable bonds is 9. The molecule has 2 aliphatic heterocycles. The first-order chi connectivity index (χ1) is 13.1. The monoisotopic (exact) mass is 377 g/mol. The van der Waals surface area contributed by atoms with Gasteiger partial charge in [-0.15, -0.1) is 0 Å². The van der Waals surface area contributed by atoms with Gasteiger partial charge in [0.1, 0.15) is 12.4 Å². The second-order valence-corrected chi connectivity index (χ2v) is 7.00. The highest BCUT2D eigenvalue weighted by Gasteiger charge is 2.24. The Balaban J connectivity index is 1.58. The number of hydrogen-bond donors (Lipinski definition) is 1. The number of carboxylic acid groups (broad SMARTS) is 1. The summed E-state index contributed by atoms with van der Waals surface area (Å²) < 4.78 is 16.9. The highest BCUT2D eigenvalue weighted by Crippen LogP contribution is 2.19. The van der Waals surface area contributed by atoms with Crippen molar-refractivity contribution in [3.63, 3.8) is 0 Å². The first-order valence-corrected chi connectivity index (χ1v) is 9.59. The molecule has 1 aromatic rings. The van der Waals surface area contributed by atoms with Crippen molar-refractivity contribution in [1.82, 2.24) is 4.90 Å². The minimum Gasteiger partial charge on any atom is -0.491 e. The van der Waals surface area contributed by atoms with E-state index in [9.17, 15) is 9.59 Å². The van der Waals surface area contributed by atoms with E-state index in [1.54, 1.807) is 29.2 Å². The van der Waals surface area contributed by atoms with E-state index in [4.69, 9.17) is 19.3 Å². The maximum absolute atomic E-state index is 12.8. The van der Waals surface area contributed by atoms with Crippen molar-refractivity contribution in [2.24, 2.45) is 0 Å².